The molecule has 14 heteroatoms. The smallest absolute Gasteiger partial charge is 0.283 e. The average Bonchev–Trinajstić information content (AvgIpc) is 3.43. The Morgan fingerprint density at radius 3 is 2.63 bits per heavy atom. The maximum atomic E-state index is 12.5. The molecule has 0 atom stereocenters. The standard InChI is InChI=1S/C24H14ClN5O5S3/c1-12-2-4-14(10-16(12)25)26-23-28-22(31)21(36-23)9-13-3-7-19(18(8-13)30(34)35)37-24-27-17-6-5-15(29(32)33)11-20(17)38-24/h2-11H,1H3,(H,26,28,31)/b21-9-. The minimum atomic E-state index is -0.502. The molecule has 5 rings (SSSR count). The lowest BCUT2D eigenvalue weighted by Crippen LogP contribution is -2.19. The fourth-order valence-corrected chi connectivity index (χ4v) is 6.56. The third kappa shape index (κ3) is 5.55. The summed E-state index contributed by atoms with van der Waals surface area (Å²) in [5.41, 5.74) is 2.34. The summed E-state index contributed by atoms with van der Waals surface area (Å²) < 4.78 is 1.12. The molecule has 0 radical (unpaired) electrons. The van der Waals surface area contributed by atoms with Crippen molar-refractivity contribution in [3.63, 3.8) is 0 Å². The summed E-state index contributed by atoms with van der Waals surface area (Å²) in [6.45, 7) is 1.88. The number of nitro groups is 2. The number of carbonyl (C=O) groups is 1. The number of benzene rings is 3. The number of amides is 1. The van der Waals surface area contributed by atoms with Crippen molar-refractivity contribution in [3.8, 4) is 0 Å². The van der Waals surface area contributed by atoms with E-state index in [0.717, 1.165) is 29.1 Å². The minimum Gasteiger partial charge on any atom is -0.300 e. The fourth-order valence-electron chi connectivity index (χ4n) is 3.40. The van der Waals surface area contributed by atoms with Crippen LogP contribution in [0.1, 0.15) is 11.1 Å². The van der Waals surface area contributed by atoms with E-state index >= 15 is 0 Å². The Morgan fingerprint density at radius 2 is 1.89 bits per heavy atom. The van der Waals surface area contributed by atoms with Crippen molar-refractivity contribution >= 4 is 90.9 Å². The van der Waals surface area contributed by atoms with Gasteiger partial charge in [0.05, 0.1) is 35.6 Å². The highest BCUT2D eigenvalue weighted by Gasteiger charge is 2.25. The summed E-state index contributed by atoms with van der Waals surface area (Å²) in [7, 11) is 0. The first kappa shape index (κ1) is 25.9. The van der Waals surface area contributed by atoms with Crippen LogP contribution in [-0.2, 0) is 4.79 Å². The van der Waals surface area contributed by atoms with Crippen molar-refractivity contribution in [1.82, 2.24) is 10.3 Å². The Hall–Kier alpha value is -3.78. The Labute approximate surface area is 232 Å². The molecule has 0 spiro atoms. The molecule has 0 unspecified atom stereocenters. The molecule has 1 fully saturated rings. The van der Waals surface area contributed by atoms with Crippen LogP contribution in [-0.4, -0.2) is 25.9 Å². The number of carbonyl (C=O) groups excluding carboxylic acids is 1. The van der Waals surface area contributed by atoms with Crippen molar-refractivity contribution in [3.05, 3.63) is 95.9 Å². The van der Waals surface area contributed by atoms with E-state index in [1.165, 1.54) is 29.5 Å². The number of non-ortho nitro benzene ring substituents is 1. The van der Waals surface area contributed by atoms with Crippen molar-refractivity contribution in [1.29, 1.82) is 0 Å². The van der Waals surface area contributed by atoms with Crippen LogP contribution < -0.4 is 5.32 Å². The minimum absolute atomic E-state index is 0.0502. The molecule has 0 bridgehead atoms. The number of hydrogen-bond acceptors (Lipinski definition) is 10. The van der Waals surface area contributed by atoms with E-state index in [0.29, 0.717) is 45.8 Å². The second-order valence-electron chi connectivity index (χ2n) is 7.89. The number of hydrogen-bond donors (Lipinski definition) is 1. The zero-order valence-corrected chi connectivity index (χ0v) is 22.4. The van der Waals surface area contributed by atoms with Crippen molar-refractivity contribution in [2.75, 3.05) is 0 Å². The number of aryl methyl sites for hydroxylation is 1. The SMILES string of the molecule is Cc1ccc(N=C2NC(=O)/C(=C/c3ccc(Sc4nc5ccc([N+](=O)[O-])cc5s4)c([N+](=O)[O-])c3)S2)cc1Cl. The highest BCUT2D eigenvalue weighted by Crippen LogP contribution is 2.40. The molecule has 38 heavy (non-hydrogen) atoms. The second-order valence-corrected chi connectivity index (χ2v) is 11.6. The second kappa shape index (κ2) is 10.5. The molecular weight excluding hydrogens is 570 g/mol. The Bertz CT molecular complexity index is 1720. The van der Waals surface area contributed by atoms with Gasteiger partial charge >= 0.3 is 0 Å². The van der Waals surface area contributed by atoms with Gasteiger partial charge in [-0.2, -0.15) is 0 Å². The fraction of sp³-hybridized carbons (Fsp3) is 0.0417. The van der Waals surface area contributed by atoms with Crippen LogP contribution in [0.3, 0.4) is 0 Å². The molecule has 10 nitrogen and oxygen atoms in total. The van der Waals surface area contributed by atoms with E-state index in [9.17, 15) is 25.0 Å². The molecule has 0 aliphatic carbocycles. The van der Waals surface area contributed by atoms with E-state index in [-0.39, 0.29) is 17.3 Å². The summed E-state index contributed by atoms with van der Waals surface area (Å²) in [6.07, 6.45) is 1.56. The Kier molecular flexibility index (Phi) is 7.17. The summed E-state index contributed by atoms with van der Waals surface area (Å²) >= 11 is 9.58. The van der Waals surface area contributed by atoms with Gasteiger partial charge in [-0.3, -0.25) is 25.0 Å². The van der Waals surface area contributed by atoms with Crippen LogP contribution in [0.4, 0.5) is 17.1 Å². The number of halogens is 1. The van der Waals surface area contributed by atoms with E-state index < -0.39 is 9.85 Å². The molecule has 0 saturated carbocycles. The predicted molar refractivity (Wildman–Crippen MR) is 150 cm³/mol. The monoisotopic (exact) mass is 583 g/mol. The maximum absolute atomic E-state index is 12.5. The van der Waals surface area contributed by atoms with Gasteiger partial charge in [0, 0.05) is 23.2 Å². The number of rotatable bonds is 6. The summed E-state index contributed by atoms with van der Waals surface area (Å²) in [6, 6.07) is 14.3. The molecule has 1 saturated heterocycles. The molecule has 4 aromatic rings. The normalized spacial score (nSPS) is 15.4. The Balaban J connectivity index is 1.39. The molecule has 190 valence electrons. The topological polar surface area (TPSA) is 141 Å². The van der Waals surface area contributed by atoms with Gasteiger partial charge in [-0.25, -0.2) is 9.98 Å². The first-order valence-corrected chi connectivity index (χ1v) is 13.6. The van der Waals surface area contributed by atoms with Crippen LogP contribution >= 0.6 is 46.5 Å². The van der Waals surface area contributed by atoms with Crippen LogP contribution in [0.15, 0.2) is 73.7 Å². The predicted octanol–water partition coefficient (Wildman–Crippen LogP) is 7.12. The lowest BCUT2D eigenvalue weighted by molar-refractivity contribution is -0.387. The van der Waals surface area contributed by atoms with Gasteiger partial charge < -0.3 is 5.32 Å². The third-order valence-corrected chi connectivity index (χ3v) is 8.74. The number of amidine groups is 1. The van der Waals surface area contributed by atoms with Crippen molar-refractivity contribution in [2.24, 2.45) is 4.99 Å². The number of thioether (sulfide) groups is 1. The molecule has 1 aliphatic rings. The van der Waals surface area contributed by atoms with Crippen LogP contribution in [0, 0.1) is 27.2 Å². The highest BCUT2D eigenvalue weighted by atomic mass is 35.5. The molecule has 2 heterocycles. The average molecular weight is 584 g/mol. The quantitative estimate of drug-likeness (QED) is 0.144. The van der Waals surface area contributed by atoms with E-state index in [1.54, 1.807) is 36.4 Å². The summed E-state index contributed by atoms with van der Waals surface area (Å²) in [5.74, 6) is -0.364. The first-order chi connectivity index (χ1) is 18.2. The lowest BCUT2D eigenvalue weighted by atomic mass is 10.2. The number of fused-ring (bicyclic) bond motifs is 1. The van der Waals surface area contributed by atoms with Crippen LogP contribution in [0.2, 0.25) is 5.02 Å². The number of aromatic nitrogens is 1. The Morgan fingerprint density at radius 1 is 1.08 bits per heavy atom. The van der Waals surface area contributed by atoms with Crippen LogP contribution in [0.25, 0.3) is 16.3 Å². The van der Waals surface area contributed by atoms with Crippen LogP contribution in [0.5, 0.6) is 0 Å². The number of nitrogens with one attached hydrogen (secondary N) is 1. The van der Waals surface area contributed by atoms with E-state index in [2.05, 4.69) is 15.3 Å². The van der Waals surface area contributed by atoms with Gasteiger partial charge in [0.2, 0.25) is 0 Å². The number of nitro benzene ring substituents is 2. The lowest BCUT2D eigenvalue weighted by Gasteiger charge is -2.02. The number of thiazole rings is 1. The van der Waals surface area contributed by atoms with Crippen molar-refractivity contribution < 1.29 is 14.6 Å². The molecule has 3 aromatic carbocycles. The molecule has 1 aromatic heterocycles. The summed E-state index contributed by atoms with van der Waals surface area (Å²) in [4.78, 5) is 43.9. The molecule has 1 amide bonds. The van der Waals surface area contributed by atoms with Gasteiger partial charge in [0.25, 0.3) is 17.3 Å². The zero-order chi connectivity index (χ0) is 27.0. The van der Waals surface area contributed by atoms with Gasteiger partial charge in [0.15, 0.2) is 9.51 Å². The van der Waals surface area contributed by atoms with E-state index in [1.807, 2.05) is 13.0 Å². The number of aliphatic imine (C=N–C) groups is 1. The van der Waals surface area contributed by atoms with Gasteiger partial charge in [-0.15, -0.1) is 11.3 Å². The number of nitrogens with zero attached hydrogens (tertiary/aromatic N) is 4. The highest BCUT2D eigenvalue weighted by molar-refractivity contribution is 8.18. The first-order valence-electron chi connectivity index (χ1n) is 10.7. The maximum Gasteiger partial charge on any atom is 0.283 e. The third-order valence-electron chi connectivity index (χ3n) is 5.27. The summed E-state index contributed by atoms with van der Waals surface area (Å²) in [5, 5.41) is 26.5. The van der Waals surface area contributed by atoms with Crippen molar-refractivity contribution in [2.45, 2.75) is 16.2 Å². The largest absolute Gasteiger partial charge is 0.300 e. The zero-order valence-electron chi connectivity index (χ0n) is 19.2. The van der Waals surface area contributed by atoms with Gasteiger partial charge in [-0.05, 0) is 60.2 Å². The molecule has 1 N–H and O–H groups in total. The van der Waals surface area contributed by atoms with Gasteiger partial charge in [-0.1, -0.05) is 35.5 Å². The molecular formula is C24H14ClN5O5S3. The van der Waals surface area contributed by atoms with Gasteiger partial charge in [0.1, 0.15) is 0 Å². The van der Waals surface area contributed by atoms with E-state index in [4.69, 9.17) is 11.6 Å². The molecule has 1 aliphatic heterocycles.